The Kier molecular flexibility index (Phi) is 9.05. The first-order chi connectivity index (χ1) is 19.0. The lowest BCUT2D eigenvalue weighted by molar-refractivity contribution is -0.126. The number of sulfonamides is 1. The summed E-state index contributed by atoms with van der Waals surface area (Å²) in [5, 5.41) is 19.9. The van der Waals surface area contributed by atoms with Crippen molar-refractivity contribution in [3.05, 3.63) is 77.1 Å². The van der Waals surface area contributed by atoms with Crippen LogP contribution >= 0.6 is 0 Å². The minimum absolute atomic E-state index is 0.0499. The third-order valence-electron chi connectivity index (χ3n) is 7.50. The highest BCUT2D eigenvalue weighted by Crippen LogP contribution is 2.31. The molecule has 0 spiro atoms. The first-order valence-electron chi connectivity index (χ1n) is 13.6. The van der Waals surface area contributed by atoms with E-state index in [4.69, 9.17) is 0 Å². The van der Waals surface area contributed by atoms with Gasteiger partial charge in [0.1, 0.15) is 6.04 Å². The van der Waals surface area contributed by atoms with Crippen LogP contribution in [0.2, 0.25) is 0 Å². The number of nitrogens with one attached hydrogen (secondary N) is 1. The van der Waals surface area contributed by atoms with Crippen molar-refractivity contribution < 1.29 is 23.1 Å². The van der Waals surface area contributed by atoms with Gasteiger partial charge in [-0.1, -0.05) is 69.3 Å². The van der Waals surface area contributed by atoms with Crippen LogP contribution in [0.15, 0.2) is 59.6 Å². The van der Waals surface area contributed by atoms with Crippen molar-refractivity contribution in [1.29, 1.82) is 0 Å². The van der Waals surface area contributed by atoms with E-state index in [-0.39, 0.29) is 48.5 Å². The summed E-state index contributed by atoms with van der Waals surface area (Å²) in [4.78, 5) is 25.2. The predicted molar refractivity (Wildman–Crippen MR) is 150 cm³/mol. The molecule has 2 atom stereocenters. The molecule has 0 radical (unpaired) electrons. The topological polar surface area (TPSA) is 134 Å². The van der Waals surface area contributed by atoms with Crippen LogP contribution in [0.1, 0.15) is 79.6 Å². The Morgan fingerprint density at radius 2 is 1.60 bits per heavy atom. The Morgan fingerprint density at radius 3 is 2.17 bits per heavy atom. The molecule has 1 fully saturated rings. The van der Waals surface area contributed by atoms with E-state index in [1.807, 2.05) is 38.1 Å². The summed E-state index contributed by atoms with van der Waals surface area (Å²) in [5.74, 6) is -1.06. The molecule has 3 aromatic rings. The Balaban J connectivity index is 1.56. The number of aromatic carboxylic acids is 1. The summed E-state index contributed by atoms with van der Waals surface area (Å²) >= 11 is 0. The summed E-state index contributed by atoms with van der Waals surface area (Å²) < 4.78 is 30.1. The number of carbonyl (C=O) groups excluding carboxylic acids is 1. The number of aromatic nitrogens is 3. The Bertz CT molecular complexity index is 1430. The minimum atomic E-state index is -3.96. The van der Waals surface area contributed by atoms with Gasteiger partial charge in [0.15, 0.2) is 5.69 Å². The summed E-state index contributed by atoms with van der Waals surface area (Å²) in [6.07, 6.45) is 1.85. The lowest BCUT2D eigenvalue weighted by Crippen LogP contribution is -2.53. The van der Waals surface area contributed by atoms with Gasteiger partial charge in [-0.3, -0.25) is 4.79 Å². The van der Waals surface area contributed by atoms with E-state index < -0.39 is 27.9 Å². The molecule has 1 aliphatic rings. The highest BCUT2D eigenvalue weighted by Gasteiger charge is 2.41. The van der Waals surface area contributed by atoms with Crippen molar-refractivity contribution in [2.45, 2.75) is 76.4 Å². The second kappa shape index (κ2) is 12.3. The Hall–Kier alpha value is -3.57. The van der Waals surface area contributed by atoms with E-state index in [2.05, 4.69) is 29.5 Å². The zero-order valence-electron chi connectivity index (χ0n) is 23.3. The third-order valence-corrected chi connectivity index (χ3v) is 9.42. The molecule has 0 bridgehead atoms. The van der Waals surface area contributed by atoms with Crippen molar-refractivity contribution in [3.8, 4) is 0 Å². The van der Waals surface area contributed by atoms with E-state index in [9.17, 15) is 23.1 Å². The summed E-state index contributed by atoms with van der Waals surface area (Å²) in [7, 11) is -3.96. The van der Waals surface area contributed by atoms with E-state index in [1.54, 1.807) is 24.3 Å². The highest BCUT2D eigenvalue weighted by atomic mass is 32.2. The van der Waals surface area contributed by atoms with Gasteiger partial charge in [-0.05, 0) is 59.4 Å². The van der Waals surface area contributed by atoms with Gasteiger partial charge in [-0.25, -0.2) is 17.9 Å². The van der Waals surface area contributed by atoms with E-state index >= 15 is 0 Å². The van der Waals surface area contributed by atoms with Crippen LogP contribution in [0.5, 0.6) is 0 Å². The second-order valence-electron chi connectivity index (χ2n) is 11.0. The fraction of sp³-hybridized carbons (Fsp3) is 0.448. The van der Waals surface area contributed by atoms with Crippen LogP contribution in [-0.2, 0) is 27.9 Å². The third kappa shape index (κ3) is 6.59. The van der Waals surface area contributed by atoms with Crippen LogP contribution in [0.25, 0.3) is 0 Å². The van der Waals surface area contributed by atoms with Gasteiger partial charge in [-0.15, -0.1) is 5.10 Å². The molecule has 4 rings (SSSR count). The predicted octanol–water partition coefficient (Wildman–Crippen LogP) is 4.01. The zero-order chi connectivity index (χ0) is 29.0. The largest absolute Gasteiger partial charge is 0.476 e. The number of piperidine rings is 1. The lowest BCUT2D eigenvalue weighted by atomic mass is 9.91. The van der Waals surface area contributed by atoms with Crippen molar-refractivity contribution in [2.75, 3.05) is 6.54 Å². The van der Waals surface area contributed by atoms with Crippen molar-refractivity contribution >= 4 is 21.9 Å². The monoisotopic (exact) mass is 567 g/mol. The maximum Gasteiger partial charge on any atom is 0.355 e. The Morgan fingerprint density at radius 1 is 1.00 bits per heavy atom. The number of rotatable bonds is 10. The van der Waals surface area contributed by atoms with Gasteiger partial charge in [0.05, 0.1) is 11.1 Å². The number of hydrogen-bond donors (Lipinski definition) is 2. The van der Waals surface area contributed by atoms with Crippen LogP contribution in [0.4, 0.5) is 0 Å². The van der Waals surface area contributed by atoms with E-state index in [0.29, 0.717) is 12.3 Å². The number of hydrogen-bond acceptors (Lipinski definition) is 6. The summed E-state index contributed by atoms with van der Waals surface area (Å²) in [5.41, 5.74) is 3.08. The van der Waals surface area contributed by atoms with Crippen molar-refractivity contribution in [2.24, 2.45) is 5.92 Å². The van der Waals surface area contributed by atoms with Crippen molar-refractivity contribution in [1.82, 2.24) is 24.6 Å². The van der Waals surface area contributed by atoms with E-state index in [1.165, 1.54) is 20.7 Å². The van der Waals surface area contributed by atoms with Crippen LogP contribution < -0.4 is 5.32 Å². The van der Waals surface area contributed by atoms with Crippen molar-refractivity contribution in [3.63, 3.8) is 0 Å². The lowest BCUT2D eigenvalue weighted by Gasteiger charge is -2.37. The second-order valence-corrected chi connectivity index (χ2v) is 12.9. The summed E-state index contributed by atoms with van der Waals surface area (Å²) in [6.45, 7) is 8.91. The maximum atomic E-state index is 13.8. The zero-order valence-corrected chi connectivity index (χ0v) is 24.1. The molecule has 11 heteroatoms. The average Bonchev–Trinajstić information content (AvgIpc) is 3.40. The number of nitrogens with zero attached hydrogens (tertiary/aromatic N) is 4. The molecule has 2 heterocycles. The molecule has 0 aliphatic carbocycles. The average molecular weight is 568 g/mol. The molecular weight excluding hydrogens is 530 g/mol. The fourth-order valence-corrected chi connectivity index (χ4v) is 6.61. The molecule has 40 heavy (non-hydrogen) atoms. The molecule has 1 aromatic heterocycles. The highest BCUT2D eigenvalue weighted by molar-refractivity contribution is 7.89. The quantitative estimate of drug-likeness (QED) is 0.378. The molecular formula is C29H37N5O5S. The fourth-order valence-electron chi connectivity index (χ4n) is 5.00. The Labute approximate surface area is 235 Å². The molecule has 1 saturated heterocycles. The van der Waals surface area contributed by atoms with Gasteiger partial charge >= 0.3 is 5.97 Å². The number of carbonyl (C=O) groups is 2. The molecule has 2 aromatic carbocycles. The number of amides is 1. The molecule has 1 amide bonds. The van der Waals surface area contributed by atoms with Crippen LogP contribution in [-0.4, -0.2) is 57.3 Å². The van der Waals surface area contributed by atoms with Crippen LogP contribution in [0, 0.1) is 5.92 Å². The van der Waals surface area contributed by atoms with Gasteiger partial charge in [0.2, 0.25) is 15.9 Å². The number of benzene rings is 2. The summed E-state index contributed by atoms with van der Waals surface area (Å²) in [6, 6.07) is 13.8. The first-order valence-corrected chi connectivity index (χ1v) is 15.0. The SMILES string of the molecule is CC(C)c1ccc(CNC(=O)[C@H]2C[C@H](Cn3nncc3C(=O)O)CCN2S(=O)(=O)c2ccc(C(C)C)cc2)cc1. The molecule has 1 aliphatic heterocycles. The van der Waals surface area contributed by atoms with E-state index in [0.717, 1.165) is 11.1 Å². The number of carboxylic acid groups (broad SMARTS) is 1. The molecule has 10 nitrogen and oxygen atoms in total. The molecule has 0 unspecified atom stereocenters. The molecule has 2 N–H and O–H groups in total. The van der Waals surface area contributed by atoms with Gasteiger partial charge in [0.25, 0.3) is 0 Å². The number of carboxylic acids is 1. The normalized spacial score (nSPS) is 18.2. The molecule has 214 valence electrons. The van der Waals surface area contributed by atoms with Gasteiger partial charge < -0.3 is 10.4 Å². The maximum absolute atomic E-state index is 13.8. The first kappa shape index (κ1) is 29.4. The van der Waals surface area contributed by atoms with Gasteiger partial charge in [-0.2, -0.15) is 4.31 Å². The van der Waals surface area contributed by atoms with Crippen LogP contribution in [0.3, 0.4) is 0 Å². The standard InChI is InChI=1S/C29H37N5O5S/c1-19(2)23-7-5-21(6-8-23)16-30-28(35)26-15-22(18-33-27(29(36)37)17-31-32-33)13-14-34(26)40(38,39)25-11-9-24(10-12-25)20(3)4/h5-12,17,19-20,22,26H,13-16,18H2,1-4H3,(H,30,35)(H,36,37)/t22-,26-/m1/s1. The smallest absolute Gasteiger partial charge is 0.355 e. The molecule has 0 saturated carbocycles. The van der Waals surface area contributed by atoms with Gasteiger partial charge in [0, 0.05) is 19.6 Å². The minimum Gasteiger partial charge on any atom is -0.476 e.